The van der Waals surface area contributed by atoms with Gasteiger partial charge >= 0.3 is 5.97 Å². The third kappa shape index (κ3) is 4.48. The third-order valence-corrected chi connectivity index (χ3v) is 3.15. The van der Waals surface area contributed by atoms with E-state index in [-0.39, 0.29) is 6.61 Å². The average molecular weight is 298 g/mol. The molecule has 104 valence electrons. The van der Waals surface area contributed by atoms with Crippen LogP contribution < -0.4 is 0 Å². The molecule has 0 aliphatic heterocycles. The monoisotopic (exact) mass is 297 g/mol. The molecule has 0 saturated heterocycles. The maximum atomic E-state index is 11.6. The van der Waals surface area contributed by atoms with Gasteiger partial charge in [-0.25, -0.2) is 4.79 Å². The van der Waals surface area contributed by atoms with Crippen molar-refractivity contribution in [3.63, 3.8) is 0 Å². The highest BCUT2D eigenvalue weighted by Gasteiger charge is 2.02. The van der Waals surface area contributed by atoms with Crippen LogP contribution in [0.2, 0.25) is 5.02 Å². The lowest BCUT2D eigenvalue weighted by Gasteiger charge is -2.04. The molecule has 0 spiro atoms. The fraction of sp³-hybridized carbons (Fsp3) is 0.0588. The van der Waals surface area contributed by atoms with Gasteiger partial charge < -0.3 is 4.74 Å². The molecule has 0 aromatic heterocycles. The number of carbonyl (C=O) groups is 1. The summed E-state index contributed by atoms with van der Waals surface area (Å²) < 4.78 is 5.11. The molecule has 0 heterocycles. The Morgan fingerprint density at radius 1 is 1.19 bits per heavy atom. The number of benzene rings is 2. The summed E-state index contributed by atoms with van der Waals surface area (Å²) in [6.45, 7) is 0.135. The highest BCUT2D eigenvalue weighted by molar-refractivity contribution is 6.31. The highest BCUT2D eigenvalue weighted by Crippen LogP contribution is 2.15. The number of nitriles is 1. The van der Waals surface area contributed by atoms with E-state index in [0.717, 1.165) is 11.1 Å². The number of hydrogen-bond donors (Lipinski definition) is 0. The summed E-state index contributed by atoms with van der Waals surface area (Å²) in [5, 5.41) is 9.27. The van der Waals surface area contributed by atoms with E-state index < -0.39 is 5.97 Å². The highest BCUT2D eigenvalue weighted by atomic mass is 35.5. The zero-order valence-corrected chi connectivity index (χ0v) is 11.9. The van der Waals surface area contributed by atoms with E-state index in [9.17, 15) is 4.79 Å². The number of nitrogens with zero attached hydrogens (tertiary/aromatic N) is 1. The van der Waals surface area contributed by atoms with Gasteiger partial charge in [0, 0.05) is 16.7 Å². The first-order chi connectivity index (χ1) is 10.2. The summed E-state index contributed by atoms with van der Waals surface area (Å²) in [6.07, 6.45) is 2.98. The van der Waals surface area contributed by atoms with Crippen molar-refractivity contribution in [3.8, 4) is 6.07 Å². The van der Waals surface area contributed by atoms with Gasteiger partial charge in [-0.2, -0.15) is 5.26 Å². The molecule has 2 rings (SSSR count). The fourth-order valence-electron chi connectivity index (χ4n) is 1.65. The van der Waals surface area contributed by atoms with Crippen LogP contribution in [0.5, 0.6) is 0 Å². The van der Waals surface area contributed by atoms with Crippen molar-refractivity contribution < 1.29 is 9.53 Å². The number of rotatable bonds is 4. The van der Waals surface area contributed by atoms with Crippen LogP contribution in [0.3, 0.4) is 0 Å². The minimum absolute atomic E-state index is 0.135. The molecule has 0 bridgehead atoms. The van der Waals surface area contributed by atoms with Crippen LogP contribution in [0.4, 0.5) is 0 Å². The minimum Gasteiger partial charge on any atom is -0.458 e. The molecule has 0 aliphatic carbocycles. The molecule has 0 fully saturated rings. The van der Waals surface area contributed by atoms with E-state index in [1.165, 1.54) is 6.08 Å². The van der Waals surface area contributed by atoms with E-state index in [1.807, 2.05) is 18.2 Å². The Balaban J connectivity index is 1.91. The maximum Gasteiger partial charge on any atom is 0.331 e. The van der Waals surface area contributed by atoms with Gasteiger partial charge in [0.15, 0.2) is 0 Å². The van der Waals surface area contributed by atoms with Crippen molar-refractivity contribution in [2.24, 2.45) is 0 Å². The first kappa shape index (κ1) is 14.8. The minimum atomic E-state index is -0.445. The number of hydrogen-bond acceptors (Lipinski definition) is 3. The molecule has 2 aromatic rings. The van der Waals surface area contributed by atoms with Crippen molar-refractivity contribution in [3.05, 3.63) is 76.3 Å². The largest absolute Gasteiger partial charge is 0.458 e. The lowest BCUT2D eigenvalue weighted by Crippen LogP contribution is -2.01. The molecular formula is C17H12ClNO2. The van der Waals surface area contributed by atoms with Crippen molar-refractivity contribution in [2.75, 3.05) is 0 Å². The Morgan fingerprint density at radius 3 is 2.57 bits per heavy atom. The first-order valence-corrected chi connectivity index (χ1v) is 6.65. The molecule has 4 heteroatoms. The molecule has 0 saturated carbocycles. The Bertz CT molecular complexity index is 699. The Kier molecular flexibility index (Phi) is 5.14. The molecule has 0 amide bonds. The van der Waals surface area contributed by atoms with Crippen LogP contribution in [-0.4, -0.2) is 5.97 Å². The van der Waals surface area contributed by atoms with Gasteiger partial charge in [-0.3, -0.25) is 0 Å². The van der Waals surface area contributed by atoms with Gasteiger partial charge in [-0.1, -0.05) is 41.9 Å². The van der Waals surface area contributed by atoms with E-state index in [2.05, 4.69) is 0 Å². The SMILES string of the molecule is N#Cc1ccc(/C=C/C(=O)OCc2ccccc2Cl)cc1. The van der Waals surface area contributed by atoms with Gasteiger partial charge in [-0.05, 0) is 29.8 Å². The van der Waals surface area contributed by atoms with Gasteiger partial charge in [0.05, 0.1) is 11.6 Å². The second-order valence-electron chi connectivity index (χ2n) is 4.27. The number of carbonyl (C=O) groups excluding carboxylic acids is 1. The third-order valence-electron chi connectivity index (χ3n) is 2.78. The zero-order valence-electron chi connectivity index (χ0n) is 11.1. The van der Waals surface area contributed by atoms with Crippen LogP contribution in [0, 0.1) is 11.3 Å². The smallest absolute Gasteiger partial charge is 0.331 e. The molecule has 21 heavy (non-hydrogen) atoms. The van der Waals surface area contributed by atoms with E-state index in [4.69, 9.17) is 21.6 Å². The molecular weight excluding hydrogens is 286 g/mol. The van der Waals surface area contributed by atoms with Gasteiger partial charge in [0.1, 0.15) is 6.61 Å². The van der Waals surface area contributed by atoms with Gasteiger partial charge in [0.2, 0.25) is 0 Å². The zero-order chi connectivity index (χ0) is 15.1. The predicted octanol–water partition coefficient (Wildman–Crippen LogP) is 3.97. The first-order valence-electron chi connectivity index (χ1n) is 6.27. The summed E-state index contributed by atoms with van der Waals surface area (Å²) in [5.41, 5.74) is 2.16. The molecule has 2 aromatic carbocycles. The fourth-order valence-corrected chi connectivity index (χ4v) is 1.84. The van der Waals surface area contributed by atoms with Crippen LogP contribution in [0.15, 0.2) is 54.6 Å². The molecule has 0 aliphatic rings. The number of esters is 1. The summed E-state index contributed by atoms with van der Waals surface area (Å²) in [6, 6.07) is 16.1. The molecule has 0 unspecified atom stereocenters. The second-order valence-corrected chi connectivity index (χ2v) is 4.67. The summed E-state index contributed by atoms with van der Waals surface area (Å²) in [5.74, 6) is -0.445. The predicted molar refractivity (Wildman–Crippen MR) is 81.4 cm³/mol. The van der Waals surface area contributed by atoms with Crippen LogP contribution >= 0.6 is 11.6 Å². The Hall–Kier alpha value is -2.57. The van der Waals surface area contributed by atoms with Crippen molar-refractivity contribution >= 4 is 23.6 Å². The summed E-state index contributed by atoms with van der Waals surface area (Å²) >= 11 is 5.97. The standard InChI is InChI=1S/C17H12ClNO2/c18-16-4-2-1-3-15(16)12-21-17(20)10-9-13-5-7-14(11-19)8-6-13/h1-10H,12H2/b10-9+. The Labute approximate surface area is 128 Å². The van der Waals surface area contributed by atoms with Crippen LogP contribution in [-0.2, 0) is 16.1 Å². The second kappa shape index (κ2) is 7.28. The summed E-state index contributed by atoms with van der Waals surface area (Å²) in [4.78, 5) is 11.6. The average Bonchev–Trinajstić information content (AvgIpc) is 2.52. The summed E-state index contributed by atoms with van der Waals surface area (Å²) in [7, 11) is 0. The molecule has 0 radical (unpaired) electrons. The molecule has 3 nitrogen and oxygen atoms in total. The normalized spacial score (nSPS) is 10.3. The molecule has 0 N–H and O–H groups in total. The number of ether oxygens (including phenoxy) is 1. The van der Waals surface area contributed by atoms with Crippen LogP contribution in [0.1, 0.15) is 16.7 Å². The van der Waals surface area contributed by atoms with Crippen LogP contribution in [0.25, 0.3) is 6.08 Å². The lowest BCUT2D eigenvalue weighted by molar-refractivity contribution is -0.138. The topological polar surface area (TPSA) is 50.1 Å². The lowest BCUT2D eigenvalue weighted by atomic mass is 10.1. The molecule has 0 atom stereocenters. The van der Waals surface area contributed by atoms with E-state index in [1.54, 1.807) is 42.5 Å². The Morgan fingerprint density at radius 2 is 1.90 bits per heavy atom. The van der Waals surface area contributed by atoms with Gasteiger partial charge in [-0.15, -0.1) is 0 Å². The van der Waals surface area contributed by atoms with E-state index >= 15 is 0 Å². The van der Waals surface area contributed by atoms with E-state index in [0.29, 0.717) is 10.6 Å². The quantitative estimate of drug-likeness (QED) is 0.634. The van der Waals surface area contributed by atoms with Gasteiger partial charge in [0.25, 0.3) is 0 Å². The van der Waals surface area contributed by atoms with Crippen molar-refractivity contribution in [2.45, 2.75) is 6.61 Å². The maximum absolute atomic E-state index is 11.6. The van der Waals surface area contributed by atoms with Crippen molar-refractivity contribution in [1.29, 1.82) is 5.26 Å². The number of halogens is 1. The van der Waals surface area contributed by atoms with Crippen molar-refractivity contribution in [1.82, 2.24) is 0 Å².